The first-order valence-corrected chi connectivity index (χ1v) is 5.99. The van der Waals surface area contributed by atoms with Gasteiger partial charge in [0.05, 0.1) is 6.10 Å². The van der Waals surface area contributed by atoms with Gasteiger partial charge >= 0.3 is 0 Å². The van der Waals surface area contributed by atoms with Crippen molar-refractivity contribution < 1.29 is 13.9 Å². The van der Waals surface area contributed by atoms with Crippen LogP contribution in [0.2, 0.25) is 0 Å². The maximum atomic E-state index is 13.4. The summed E-state index contributed by atoms with van der Waals surface area (Å²) in [6.45, 7) is 2.38. The Morgan fingerprint density at radius 2 is 1.94 bits per heavy atom. The van der Waals surface area contributed by atoms with E-state index in [4.69, 9.17) is 0 Å². The van der Waals surface area contributed by atoms with Gasteiger partial charge in [-0.1, -0.05) is 0 Å². The zero-order valence-electron chi connectivity index (χ0n) is 9.70. The van der Waals surface area contributed by atoms with Crippen molar-refractivity contribution in [2.75, 3.05) is 19.6 Å². The molecule has 0 radical (unpaired) electrons. The normalized spacial score (nSPS) is 18.5. The average Bonchev–Trinajstić information content (AvgIpc) is 2.32. The third-order valence-electron chi connectivity index (χ3n) is 3.26. The molecule has 1 fully saturated rings. The van der Waals surface area contributed by atoms with E-state index < -0.39 is 5.82 Å². The van der Waals surface area contributed by atoms with E-state index in [9.17, 15) is 13.9 Å². The average molecular weight is 241 g/mol. The number of piperidine rings is 1. The number of hydrogen-bond acceptors (Lipinski definition) is 2. The van der Waals surface area contributed by atoms with Gasteiger partial charge in [-0.05, 0) is 43.0 Å². The third kappa shape index (κ3) is 3.48. The minimum atomic E-state index is -0.393. The highest BCUT2D eigenvalue weighted by molar-refractivity contribution is 5.19. The molecule has 94 valence electrons. The van der Waals surface area contributed by atoms with Crippen LogP contribution in [-0.4, -0.2) is 35.7 Å². The van der Waals surface area contributed by atoms with Gasteiger partial charge in [-0.3, -0.25) is 0 Å². The van der Waals surface area contributed by atoms with Gasteiger partial charge in [-0.15, -0.1) is 0 Å². The van der Waals surface area contributed by atoms with E-state index in [-0.39, 0.29) is 11.9 Å². The zero-order valence-corrected chi connectivity index (χ0v) is 9.70. The summed E-state index contributed by atoms with van der Waals surface area (Å²) >= 11 is 0. The lowest BCUT2D eigenvalue weighted by Crippen LogP contribution is -2.37. The molecule has 0 bridgehead atoms. The SMILES string of the molecule is OC1CCN(CCc2cc(F)ccc2F)CC1. The molecule has 1 aromatic carbocycles. The van der Waals surface area contributed by atoms with Crippen LogP contribution in [-0.2, 0) is 6.42 Å². The predicted molar refractivity (Wildman–Crippen MR) is 61.7 cm³/mol. The molecule has 0 aliphatic carbocycles. The summed E-state index contributed by atoms with van der Waals surface area (Å²) in [7, 11) is 0. The number of aliphatic hydroxyl groups is 1. The number of benzene rings is 1. The Morgan fingerprint density at radius 1 is 1.24 bits per heavy atom. The van der Waals surface area contributed by atoms with E-state index in [1.807, 2.05) is 0 Å². The van der Waals surface area contributed by atoms with E-state index in [2.05, 4.69) is 4.90 Å². The maximum Gasteiger partial charge on any atom is 0.126 e. The van der Waals surface area contributed by atoms with E-state index >= 15 is 0 Å². The van der Waals surface area contributed by atoms with Crippen molar-refractivity contribution in [3.63, 3.8) is 0 Å². The lowest BCUT2D eigenvalue weighted by molar-refractivity contribution is 0.0831. The Labute approximate surface area is 99.9 Å². The van der Waals surface area contributed by atoms with Crippen molar-refractivity contribution in [2.45, 2.75) is 25.4 Å². The van der Waals surface area contributed by atoms with Crippen LogP contribution >= 0.6 is 0 Å². The summed E-state index contributed by atoms with van der Waals surface area (Å²) in [5, 5.41) is 9.36. The molecular weight excluding hydrogens is 224 g/mol. The highest BCUT2D eigenvalue weighted by atomic mass is 19.1. The molecule has 17 heavy (non-hydrogen) atoms. The first-order chi connectivity index (χ1) is 8.15. The number of nitrogens with zero attached hydrogens (tertiary/aromatic N) is 1. The fourth-order valence-corrected chi connectivity index (χ4v) is 2.16. The van der Waals surface area contributed by atoms with Crippen molar-refractivity contribution in [2.24, 2.45) is 0 Å². The molecule has 2 rings (SSSR count). The van der Waals surface area contributed by atoms with Gasteiger partial charge in [0.1, 0.15) is 11.6 Å². The van der Waals surface area contributed by atoms with E-state index in [1.54, 1.807) is 0 Å². The number of rotatable bonds is 3. The number of likely N-dealkylation sites (tertiary alicyclic amines) is 1. The van der Waals surface area contributed by atoms with Crippen LogP contribution in [0, 0.1) is 11.6 Å². The monoisotopic (exact) mass is 241 g/mol. The van der Waals surface area contributed by atoms with Crippen LogP contribution in [0.1, 0.15) is 18.4 Å². The van der Waals surface area contributed by atoms with Crippen molar-refractivity contribution in [1.29, 1.82) is 0 Å². The largest absolute Gasteiger partial charge is 0.393 e. The first kappa shape index (κ1) is 12.5. The van der Waals surface area contributed by atoms with E-state index in [0.717, 1.165) is 32.0 Å². The molecule has 1 saturated heterocycles. The summed E-state index contributed by atoms with van der Waals surface area (Å²) in [5.74, 6) is -0.737. The van der Waals surface area contributed by atoms with Crippen LogP contribution in [0.5, 0.6) is 0 Å². The molecule has 0 unspecified atom stereocenters. The molecule has 1 heterocycles. The highest BCUT2D eigenvalue weighted by Gasteiger charge is 2.16. The molecule has 2 nitrogen and oxygen atoms in total. The quantitative estimate of drug-likeness (QED) is 0.874. The van der Waals surface area contributed by atoms with Crippen LogP contribution in [0.15, 0.2) is 18.2 Å². The van der Waals surface area contributed by atoms with Crippen LogP contribution in [0.25, 0.3) is 0 Å². The fourth-order valence-electron chi connectivity index (χ4n) is 2.16. The Morgan fingerprint density at radius 3 is 2.65 bits per heavy atom. The molecule has 4 heteroatoms. The Bertz CT molecular complexity index is 376. The number of halogens is 2. The molecule has 1 aromatic rings. The zero-order chi connectivity index (χ0) is 12.3. The summed E-state index contributed by atoms with van der Waals surface area (Å²) in [4.78, 5) is 2.18. The summed E-state index contributed by atoms with van der Waals surface area (Å²) in [6.07, 6.45) is 1.86. The second kappa shape index (κ2) is 5.56. The van der Waals surface area contributed by atoms with Gasteiger partial charge in [0, 0.05) is 19.6 Å². The molecule has 0 amide bonds. The van der Waals surface area contributed by atoms with Crippen molar-refractivity contribution >= 4 is 0 Å². The molecule has 1 aliphatic rings. The van der Waals surface area contributed by atoms with Crippen molar-refractivity contribution in [3.8, 4) is 0 Å². The smallest absolute Gasteiger partial charge is 0.126 e. The van der Waals surface area contributed by atoms with Crippen molar-refractivity contribution in [3.05, 3.63) is 35.4 Å². The highest BCUT2D eigenvalue weighted by Crippen LogP contribution is 2.13. The molecule has 0 spiro atoms. The molecule has 0 saturated carbocycles. The second-order valence-corrected chi connectivity index (χ2v) is 4.56. The molecule has 0 atom stereocenters. The maximum absolute atomic E-state index is 13.4. The van der Waals surface area contributed by atoms with E-state index in [0.29, 0.717) is 18.5 Å². The Hall–Kier alpha value is -1.00. The predicted octanol–water partition coefficient (Wildman–Crippen LogP) is 1.96. The van der Waals surface area contributed by atoms with Gasteiger partial charge in [-0.2, -0.15) is 0 Å². The van der Waals surface area contributed by atoms with Crippen LogP contribution in [0.4, 0.5) is 8.78 Å². The molecule has 1 aliphatic heterocycles. The van der Waals surface area contributed by atoms with Gasteiger partial charge < -0.3 is 10.0 Å². The van der Waals surface area contributed by atoms with Gasteiger partial charge in [-0.25, -0.2) is 8.78 Å². The van der Waals surface area contributed by atoms with Gasteiger partial charge in [0.15, 0.2) is 0 Å². The number of hydrogen-bond donors (Lipinski definition) is 1. The lowest BCUT2D eigenvalue weighted by atomic mass is 10.1. The Balaban J connectivity index is 1.87. The molecule has 1 N–H and O–H groups in total. The van der Waals surface area contributed by atoms with Crippen molar-refractivity contribution in [1.82, 2.24) is 4.90 Å². The summed E-state index contributed by atoms with van der Waals surface area (Å²) in [5.41, 5.74) is 0.427. The van der Waals surface area contributed by atoms with Gasteiger partial charge in [0.25, 0.3) is 0 Å². The number of aliphatic hydroxyl groups excluding tert-OH is 1. The fraction of sp³-hybridized carbons (Fsp3) is 0.538. The summed E-state index contributed by atoms with van der Waals surface area (Å²) < 4.78 is 26.3. The molecular formula is C13H17F2NO. The summed E-state index contributed by atoms with van der Waals surface area (Å²) in [6, 6.07) is 3.56. The molecule has 0 aromatic heterocycles. The Kier molecular flexibility index (Phi) is 4.07. The minimum Gasteiger partial charge on any atom is -0.393 e. The minimum absolute atomic E-state index is 0.197. The standard InChI is InChI=1S/C13H17F2NO/c14-11-1-2-13(15)10(9-11)3-6-16-7-4-12(17)5-8-16/h1-2,9,12,17H,3-8H2. The van der Waals surface area contributed by atoms with E-state index in [1.165, 1.54) is 12.1 Å². The van der Waals surface area contributed by atoms with Gasteiger partial charge in [0.2, 0.25) is 0 Å². The second-order valence-electron chi connectivity index (χ2n) is 4.56. The van der Waals surface area contributed by atoms with Crippen LogP contribution in [0.3, 0.4) is 0 Å². The topological polar surface area (TPSA) is 23.5 Å². The van der Waals surface area contributed by atoms with Crippen LogP contribution < -0.4 is 0 Å². The first-order valence-electron chi connectivity index (χ1n) is 5.99. The third-order valence-corrected chi connectivity index (χ3v) is 3.26. The lowest BCUT2D eigenvalue weighted by Gasteiger charge is -2.29.